The molecule has 3 heterocycles. The average Bonchev–Trinajstić information content (AvgIpc) is 2.74. The predicted octanol–water partition coefficient (Wildman–Crippen LogP) is 2.57. The van der Waals surface area contributed by atoms with Crippen molar-refractivity contribution < 1.29 is 32.2 Å². The van der Waals surface area contributed by atoms with Crippen molar-refractivity contribution >= 4 is 11.9 Å². The monoisotopic (exact) mass is 441 g/mol. The summed E-state index contributed by atoms with van der Waals surface area (Å²) in [6.45, 7) is 3.70. The summed E-state index contributed by atoms with van der Waals surface area (Å²) >= 11 is 0. The van der Waals surface area contributed by atoms with E-state index in [-0.39, 0.29) is 36.8 Å². The van der Waals surface area contributed by atoms with Crippen LogP contribution in [0.25, 0.3) is 0 Å². The summed E-state index contributed by atoms with van der Waals surface area (Å²) in [5.41, 5.74) is -0.256. The third-order valence-corrected chi connectivity index (χ3v) is 6.10. The van der Waals surface area contributed by atoms with Crippen LogP contribution >= 0.6 is 0 Å². The Labute approximate surface area is 178 Å². The van der Waals surface area contributed by atoms with Crippen molar-refractivity contribution in [2.75, 3.05) is 32.8 Å². The van der Waals surface area contributed by atoms with Gasteiger partial charge in [0.2, 0.25) is 5.91 Å². The van der Waals surface area contributed by atoms with Crippen LogP contribution in [-0.2, 0) is 15.7 Å². The van der Waals surface area contributed by atoms with Gasteiger partial charge in [-0.15, -0.1) is 0 Å². The van der Waals surface area contributed by atoms with Crippen molar-refractivity contribution in [1.29, 1.82) is 0 Å². The minimum atomic E-state index is -4.38. The van der Waals surface area contributed by atoms with Gasteiger partial charge in [-0.25, -0.2) is 4.79 Å². The molecule has 1 aromatic carbocycles. The van der Waals surface area contributed by atoms with Crippen LogP contribution in [0.5, 0.6) is 5.75 Å². The average molecular weight is 441 g/mol. The molecule has 0 aromatic heterocycles. The number of aryl methyl sites for hydroxylation is 1. The Morgan fingerprint density at radius 1 is 1.16 bits per heavy atom. The lowest BCUT2D eigenvalue weighted by Crippen LogP contribution is -2.62. The molecule has 7 nitrogen and oxygen atoms in total. The molecule has 0 radical (unpaired) electrons. The molecule has 170 valence electrons. The predicted molar refractivity (Wildman–Crippen MR) is 105 cm³/mol. The molecule has 10 heteroatoms. The highest BCUT2D eigenvalue weighted by atomic mass is 19.4. The molecule has 3 aliphatic heterocycles. The van der Waals surface area contributed by atoms with Crippen LogP contribution in [0.15, 0.2) is 18.2 Å². The second-order valence-electron chi connectivity index (χ2n) is 8.32. The molecule has 4 rings (SSSR count). The first-order valence-electron chi connectivity index (χ1n) is 10.5. The van der Waals surface area contributed by atoms with E-state index in [4.69, 9.17) is 9.47 Å². The molecule has 0 spiro atoms. The summed E-state index contributed by atoms with van der Waals surface area (Å²) in [6.07, 6.45) is -2.69. The molecule has 3 amide bonds. The first kappa shape index (κ1) is 21.7. The van der Waals surface area contributed by atoms with Gasteiger partial charge in [0.1, 0.15) is 18.5 Å². The van der Waals surface area contributed by atoms with E-state index in [1.165, 1.54) is 6.07 Å². The Balaban J connectivity index is 1.29. The summed E-state index contributed by atoms with van der Waals surface area (Å²) in [5, 5.41) is 2.89. The van der Waals surface area contributed by atoms with E-state index in [1.54, 1.807) is 16.7 Å². The van der Waals surface area contributed by atoms with Gasteiger partial charge in [-0.3, -0.25) is 4.79 Å². The number of alkyl halides is 3. The highest BCUT2D eigenvalue weighted by Crippen LogP contribution is 2.33. The number of rotatable bonds is 2. The molecule has 3 aliphatic rings. The number of nitrogens with zero attached hydrogens (tertiary/aromatic N) is 2. The molecular formula is C21H26F3N3O4. The van der Waals surface area contributed by atoms with E-state index in [0.717, 1.165) is 12.1 Å². The number of nitrogens with one attached hydrogen (secondary N) is 1. The van der Waals surface area contributed by atoms with Gasteiger partial charge in [-0.05, 0) is 37.1 Å². The number of hydrogen-bond acceptors (Lipinski definition) is 4. The number of amides is 3. The van der Waals surface area contributed by atoms with Crippen LogP contribution in [0.3, 0.4) is 0 Å². The van der Waals surface area contributed by atoms with E-state index in [1.807, 2.05) is 0 Å². The first-order chi connectivity index (χ1) is 14.7. The number of hydrogen-bond donors (Lipinski definition) is 1. The van der Waals surface area contributed by atoms with Crippen LogP contribution in [-0.4, -0.2) is 72.8 Å². The molecule has 3 fully saturated rings. The number of ether oxygens (including phenoxy) is 2. The second-order valence-corrected chi connectivity index (χ2v) is 8.32. The van der Waals surface area contributed by atoms with E-state index in [9.17, 15) is 22.8 Å². The van der Waals surface area contributed by atoms with Crippen LogP contribution in [0.4, 0.5) is 18.0 Å². The fourth-order valence-electron chi connectivity index (χ4n) is 4.38. The van der Waals surface area contributed by atoms with Gasteiger partial charge in [0, 0.05) is 39.0 Å². The lowest BCUT2D eigenvalue weighted by atomic mass is 10.0. The molecule has 0 bridgehead atoms. The SMILES string of the molecule is Cc1cc(C(F)(F)F)ccc1OC1CCN(C(=O)N2CC[C@@H]3OCC(=O)N[C@@H]3C2)CC1. The number of carbonyl (C=O) groups is 2. The largest absolute Gasteiger partial charge is 0.490 e. The Hall–Kier alpha value is -2.49. The van der Waals surface area contributed by atoms with Crippen molar-refractivity contribution in [3.05, 3.63) is 29.3 Å². The molecule has 1 aromatic rings. The summed E-state index contributed by atoms with van der Waals surface area (Å²) < 4.78 is 50.0. The van der Waals surface area contributed by atoms with E-state index < -0.39 is 11.7 Å². The molecule has 0 unspecified atom stereocenters. The highest BCUT2D eigenvalue weighted by molar-refractivity contribution is 5.79. The maximum Gasteiger partial charge on any atom is 0.416 e. The van der Waals surface area contributed by atoms with Crippen molar-refractivity contribution in [3.8, 4) is 5.75 Å². The van der Waals surface area contributed by atoms with Gasteiger partial charge >= 0.3 is 12.2 Å². The van der Waals surface area contributed by atoms with Crippen LogP contribution in [0.2, 0.25) is 0 Å². The standard InChI is InChI=1S/C21H26F3N3O4/c1-13-10-14(21(22,23)24)2-3-17(13)31-15-4-7-26(8-5-15)20(29)27-9-6-18-16(11-27)25-19(28)12-30-18/h2-3,10,15-16,18H,4-9,11-12H2,1H3,(H,25,28)/t16-,18+/m1/s1. The zero-order valence-electron chi connectivity index (χ0n) is 17.3. The summed E-state index contributed by atoms with van der Waals surface area (Å²) in [4.78, 5) is 28.0. The number of benzene rings is 1. The minimum absolute atomic E-state index is 0.0483. The number of fused-ring (bicyclic) bond motifs is 1. The van der Waals surface area contributed by atoms with Crippen LogP contribution < -0.4 is 10.1 Å². The number of morpholine rings is 1. The number of halogens is 3. The number of piperidine rings is 2. The molecule has 1 N–H and O–H groups in total. The van der Waals surface area contributed by atoms with Crippen LogP contribution in [0.1, 0.15) is 30.4 Å². The number of likely N-dealkylation sites (tertiary alicyclic amines) is 2. The zero-order chi connectivity index (χ0) is 22.2. The highest BCUT2D eigenvalue weighted by Gasteiger charge is 2.38. The third kappa shape index (κ3) is 4.89. The van der Waals surface area contributed by atoms with Gasteiger partial charge in [-0.1, -0.05) is 0 Å². The third-order valence-electron chi connectivity index (χ3n) is 6.10. The van der Waals surface area contributed by atoms with Gasteiger partial charge in [0.25, 0.3) is 0 Å². The van der Waals surface area contributed by atoms with Crippen LogP contribution in [0, 0.1) is 6.92 Å². The maximum absolute atomic E-state index is 12.9. The Morgan fingerprint density at radius 3 is 2.55 bits per heavy atom. The summed E-state index contributed by atoms with van der Waals surface area (Å²) in [6, 6.07) is 3.23. The fraction of sp³-hybridized carbons (Fsp3) is 0.619. The smallest absolute Gasteiger partial charge is 0.416 e. The molecule has 0 aliphatic carbocycles. The number of urea groups is 1. The lowest BCUT2D eigenvalue weighted by Gasteiger charge is -2.43. The molecule has 3 saturated heterocycles. The normalized spacial score (nSPS) is 25.1. The first-order valence-corrected chi connectivity index (χ1v) is 10.5. The van der Waals surface area contributed by atoms with E-state index >= 15 is 0 Å². The Kier molecular flexibility index (Phi) is 6.00. The Bertz CT molecular complexity index is 840. The summed E-state index contributed by atoms with van der Waals surface area (Å²) in [5.74, 6) is 0.278. The quantitative estimate of drug-likeness (QED) is 0.766. The van der Waals surface area contributed by atoms with E-state index in [2.05, 4.69) is 5.32 Å². The lowest BCUT2D eigenvalue weighted by molar-refractivity contribution is -0.140. The van der Waals surface area contributed by atoms with Gasteiger partial charge in [0.15, 0.2) is 0 Å². The van der Waals surface area contributed by atoms with Crippen molar-refractivity contribution in [3.63, 3.8) is 0 Å². The van der Waals surface area contributed by atoms with Gasteiger partial charge in [-0.2, -0.15) is 13.2 Å². The minimum Gasteiger partial charge on any atom is -0.490 e. The number of carbonyl (C=O) groups excluding carboxylic acids is 2. The van der Waals surface area contributed by atoms with Gasteiger partial charge in [0.05, 0.1) is 17.7 Å². The maximum atomic E-state index is 12.9. The molecular weight excluding hydrogens is 415 g/mol. The van der Waals surface area contributed by atoms with Crippen molar-refractivity contribution in [2.24, 2.45) is 0 Å². The van der Waals surface area contributed by atoms with Gasteiger partial charge < -0.3 is 24.6 Å². The second kappa shape index (κ2) is 8.57. The zero-order valence-corrected chi connectivity index (χ0v) is 17.3. The topological polar surface area (TPSA) is 71.1 Å². The fourth-order valence-corrected chi connectivity index (χ4v) is 4.38. The molecule has 0 saturated carbocycles. The summed E-state index contributed by atoms with van der Waals surface area (Å²) in [7, 11) is 0. The van der Waals surface area contributed by atoms with Crippen molar-refractivity contribution in [2.45, 2.75) is 50.6 Å². The molecule has 31 heavy (non-hydrogen) atoms. The van der Waals surface area contributed by atoms with E-state index in [0.29, 0.717) is 56.8 Å². The Morgan fingerprint density at radius 2 is 1.87 bits per heavy atom. The molecule has 2 atom stereocenters. The van der Waals surface area contributed by atoms with Crippen molar-refractivity contribution in [1.82, 2.24) is 15.1 Å².